The summed E-state index contributed by atoms with van der Waals surface area (Å²) in [7, 11) is 0. The Morgan fingerprint density at radius 1 is 1.40 bits per heavy atom. The SMILES string of the molecule is CCc1ccc2oc(C3Cc4nc[nH]c4CN3)nc2c1. The Morgan fingerprint density at radius 2 is 2.35 bits per heavy atom. The number of nitrogens with one attached hydrogen (secondary N) is 2. The molecule has 4 rings (SSSR count). The molecule has 5 nitrogen and oxygen atoms in total. The molecule has 0 bridgehead atoms. The Hall–Kier alpha value is -2.14. The van der Waals surface area contributed by atoms with Crippen LogP contribution in [0.4, 0.5) is 0 Å². The van der Waals surface area contributed by atoms with Gasteiger partial charge in [-0.3, -0.25) is 5.32 Å². The van der Waals surface area contributed by atoms with Crippen LogP contribution in [-0.2, 0) is 19.4 Å². The number of H-pyrrole nitrogens is 1. The molecule has 0 saturated carbocycles. The Bertz CT molecular complexity index is 758. The van der Waals surface area contributed by atoms with Gasteiger partial charge in [-0.25, -0.2) is 9.97 Å². The Labute approximate surface area is 116 Å². The molecule has 5 heteroatoms. The van der Waals surface area contributed by atoms with E-state index in [2.05, 4.69) is 39.3 Å². The van der Waals surface area contributed by atoms with E-state index in [1.807, 2.05) is 6.07 Å². The van der Waals surface area contributed by atoms with Crippen molar-refractivity contribution in [2.75, 3.05) is 0 Å². The van der Waals surface area contributed by atoms with Gasteiger partial charge in [-0.15, -0.1) is 0 Å². The first kappa shape index (κ1) is 11.7. The number of hydrogen-bond acceptors (Lipinski definition) is 4. The van der Waals surface area contributed by atoms with Crippen molar-refractivity contribution in [1.82, 2.24) is 20.3 Å². The maximum Gasteiger partial charge on any atom is 0.213 e. The van der Waals surface area contributed by atoms with Crippen LogP contribution in [0.1, 0.15) is 35.8 Å². The van der Waals surface area contributed by atoms with Crippen molar-refractivity contribution >= 4 is 11.1 Å². The van der Waals surface area contributed by atoms with Crippen molar-refractivity contribution in [2.45, 2.75) is 32.4 Å². The number of hydrogen-bond donors (Lipinski definition) is 2. The summed E-state index contributed by atoms with van der Waals surface area (Å²) in [5, 5.41) is 3.44. The molecule has 1 atom stereocenters. The molecule has 2 N–H and O–H groups in total. The molecule has 0 spiro atoms. The van der Waals surface area contributed by atoms with E-state index in [0.717, 1.165) is 47.8 Å². The van der Waals surface area contributed by atoms with E-state index in [1.54, 1.807) is 6.33 Å². The highest BCUT2D eigenvalue weighted by atomic mass is 16.3. The van der Waals surface area contributed by atoms with E-state index in [0.29, 0.717) is 0 Å². The van der Waals surface area contributed by atoms with Crippen LogP contribution in [0.25, 0.3) is 11.1 Å². The number of rotatable bonds is 2. The monoisotopic (exact) mass is 268 g/mol. The van der Waals surface area contributed by atoms with Gasteiger partial charge in [-0.05, 0) is 24.1 Å². The van der Waals surface area contributed by atoms with Gasteiger partial charge in [0.2, 0.25) is 5.89 Å². The fraction of sp³-hybridized carbons (Fsp3) is 0.333. The number of aryl methyl sites for hydroxylation is 1. The molecule has 0 saturated heterocycles. The Kier molecular flexibility index (Phi) is 2.60. The summed E-state index contributed by atoms with van der Waals surface area (Å²) in [6, 6.07) is 6.30. The van der Waals surface area contributed by atoms with E-state index in [1.165, 1.54) is 5.56 Å². The van der Waals surface area contributed by atoms with Crippen molar-refractivity contribution in [1.29, 1.82) is 0 Å². The van der Waals surface area contributed by atoms with Crippen molar-refractivity contribution in [3.8, 4) is 0 Å². The van der Waals surface area contributed by atoms with Gasteiger partial charge in [0.15, 0.2) is 5.58 Å². The van der Waals surface area contributed by atoms with E-state index in [4.69, 9.17) is 4.42 Å². The molecule has 3 heterocycles. The summed E-state index contributed by atoms with van der Waals surface area (Å²) < 4.78 is 5.89. The molecule has 0 amide bonds. The van der Waals surface area contributed by atoms with Crippen LogP contribution in [0.2, 0.25) is 0 Å². The standard InChI is InChI=1S/C15H16N4O/c1-2-9-3-4-14-11(5-9)19-15(20-14)12-6-10-13(7-16-12)18-8-17-10/h3-5,8,12,16H,2,6-7H2,1H3,(H,17,18). The number of fused-ring (bicyclic) bond motifs is 2. The molecule has 20 heavy (non-hydrogen) atoms. The lowest BCUT2D eigenvalue weighted by molar-refractivity contribution is 0.391. The second-order valence-corrected chi connectivity index (χ2v) is 5.17. The third kappa shape index (κ3) is 1.82. The Morgan fingerprint density at radius 3 is 3.25 bits per heavy atom. The highest BCUT2D eigenvalue weighted by Gasteiger charge is 2.25. The summed E-state index contributed by atoms with van der Waals surface area (Å²) in [4.78, 5) is 12.1. The minimum Gasteiger partial charge on any atom is -0.439 e. The molecule has 0 radical (unpaired) electrons. The third-order valence-electron chi connectivity index (χ3n) is 3.91. The van der Waals surface area contributed by atoms with Crippen molar-refractivity contribution < 1.29 is 4.42 Å². The van der Waals surface area contributed by atoms with Crippen LogP contribution in [-0.4, -0.2) is 15.0 Å². The number of oxazole rings is 1. The third-order valence-corrected chi connectivity index (χ3v) is 3.91. The highest BCUT2D eigenvalue weighted by Crippen LogP contribution is 2.26. The average Bonchev–Trinajstić information content (AvgIpc) is 3.11. The number of benzene rings is 1. The molecule has 1 unspecified atom stereocenters. The van der Waals surface area contributed by atoms with Crippen LogP contribution < -0.4 is 5.32 Å². The van der Waals surface area contributed by atoms with Crippen LogP contribution in [0.3, 0.4) is 0 Å². The summed E-state index contributed by atoms with van der Waals surface area (Å²) in [6.07, 6.45) is 3.57. The van der Waals surface area contributed by atoms with Crippen LogP contribution >= 0.6 is 0 Å². The number of imidazole rings is 1. The van der Waals surface area contributed by atoms with Crippen LogP contribution in [0.5, 0.6) is 0 Å². The molecule has 1 aromatic carbocycles. The maximum absolute atomic E-state index is 5.89. The lowest BCUT2D eigenvalue weighted by atomic mass is 10.1. The fourth-order valence-electron chi connectivity index (χ4n) is 2.70. The van der Waals surface area contributed by atoms with Crippen molar-refractivity contribution in [3.05, 3.63) is 47.4 Å². The summed E-state index contributed by atoms with van der Waals surface area (Å²) >= 11 is 0. The van der Waals surface area contributed by atoms with Gasteiger partial charge in [0.05, 0.1) is 23.8 Å². The molecule has 102 valence electrons. The molecule has 0 fully saturated rings. The first-order chi connectivity index (χ1) is 9.83. The number of aromatic nitrogens is 3. The minimum atomic E-state index is 0.100. The van der Waals surface area contributed by atoms with E-state index < -0.39 is 0 Å². The molecule has 1 aliphatic rings. The predicted octanol–water partition coefficient (Wildman–Crippen LogP) is 2.50. The van der Waals surface area contributed by atoms with Crippen LogP contribution in [0, 0.1) is 0 Å². The summed E-state index contributed by atoms with van der Waals surface area (Å²) in [5.74, 6) is 0.752. The largest absolute Gasteiger partial charge is 0.439 e. The van der Waals surface area contributed by atoms with Gasteiger partial charge in [0, 0.05) is 13.0 Å². The molecular formula is C15H16N4O. The zero-order valence-corrected chi connectivity index (χ0v) is 11.3. The van der Waals surface area contributed by atoms with E-state index in [9.17, 15) is 0 Å². The topological polar surface area (TPSA) is 66.7 Å². The van der Waals surface area contributed by atoms with Gasteiger partial charge in [0.25, 0.3) is 0 Å². The second-order valence-electron chi connectivity index (χ2n) is 5.17. The van der Waals surface area contributed by atoms with Gasteiger partial charge in [-0.2, -0.15) is 0 Å². The molecule has 1 aliphatic heterocycles. The zero-order chi connectivity index (χ0) is 13.5. The molecular weight excluding hydrogens is 252 g/mol. The quantitative estimate of drug-likeness (QED) is 0.749. The Balaban J connectivity index is 1.69. The lowest BCUT2D eigenvalue weighted by Crippen LogP contribution is -2.28. The smallest absolute Gasteiger partial charge is 0.213 e. The highest BCUT2D eigenvalue weighted by molar-refractivity contribution is 5.73. The minimum absolute atomic E-state index is 0.100. The van der Waals surface area contributed by atoms with E-state index >= 15 is 0 Å². The first-order valence-electron chi connectivity index (χ1n) is 6.97. The zero-order valence-electron chi connectivity index (χ0n) is 11.3. The predicted molar refractivity (Wildman–Crippen MR) is 75.3 cm³/mol. The molecule has 2 aromatic heterocycles. The van der Waals surface area contributed by atoms with Gasteiger partial charge >= 0.3 is 0 Å². The number of aromatic amines is 1. The summed E-state index contributed by atoms with van der Waals surface area (Å²) in [6.45, 7) is 2.92. The number of nitrogens with zero attached hydrogens (tertiary/aromatic N) is 2. The van der Waals surface area contributed by atoms with E-state index in [-0.39, 0.29) is 6.04 Å². The van der Waals surface area contributed by atoms with Crippen LogP contribution in [0.15, 0.2) is 28.9 Å². The maximum atomic E-state index is 5.89. The molecule has 0 aliphatic carbocycles. The lowest BCUT2D eigenvalue weighted by Gasteiger charge is -2.19. The van der Waals surface area contributed by atoms with Gasteiger partial charge < -0.3 is 9.40 Å². The van der Waals surface area contributed by atoms with Gasteiger partial charge in [-0.1, -0.05) is 13.0 Å². The fourth-order valence-corrected chi connectivity index (χ4v) is 2.70. The normalized spacial score (nSPS) is 18.4. The summed E-state index contributed by atoms with van der Waals surface area (Å²) in [5.41, 5.74) is 5.33. The van der Waals surface area contributed by atoms with Crippen molar-refractivity contribution in [3.63, 3.8) is 0 Å². The first-order valence-corrected chi connectivity index (χ1v) is 6.97. The average molecular weight is 268 g/mol. The van der Waals surface area contributed by atoms with Gasteiger partial charge in [0.1, 0.15) is 5.52 Å². The molecule has 3 aromatic rings. The second kappa shape index (κ2) is 4.45. The van der Waals surface area contributed by atoms with Crippen molar-refractivity contribution in [2.24, 2.45) is 0 Å².